The van der Waals surface area contributed by atoms with Crippen molar-refractivity contribution in [1.29, 1.82) is 0 Å². The number of hydrogen-bond acceptors (Lipinski definition) is 0. The molecule has 4 heteroatoms. The Balaban J connectivity index is 2.72. The summed E-state index contributed by atoms with van der Waals surface area (Å²) in [7, 11) is 0. The van der Waals surface area contributed by atoms with E-state index in [1.165, 1.54) is 18.2 Å². The van der Waals surface area contributed by atoms with Crippen LogP contribution in [0.5, 0.6) is 0 Å². The molecule has 2 rings (SSSR count). The highest BCUT2D eigenvalue weighted by molar-refractivity contribution is 9.10. The van der Waals surface area contributed by atoms with Gasteiger partial charge in [0.1, 0.15) is 17.5 Å². The van der Waals surface area contributed by atoms with Gasteiger partial charge >= 0.3 is 0 Å². The summed E-state index contributed by atoms with van der Waals surface area (Å²) in [5.74, 6) is -2.27. The average molecular weight is 300 g/mol. The van der Waals surface area contributed by atoms with Gasteiger partial charge in [-0.15, -0.1) is 0 Å². The van der Waals surface area contributed by atoms with Crippen LogP contribution in [0.3, 0.4) is 0 Å². The number of rotatable bonds is 1. The second-order valence-electron chi connectivity index (χ2n) is 3.65. The lowest BCUT2D eigenvalue weighted by Gasteiger charge is -2.08. The van der Waals surface area contributed by atoms with Crippen LogP contribution in [-0.2, 0) is 0 Å². The Morgan fingerprint density at radius 1 is 1.00 bits per heavy atom. The smallest absolute Gasteiger partial charge is 0.134 e. The van der Waals surface area contributed by atoms with E-state index >= 15 is 0 Å². The van der Waals surface area contributed by atoms with Crippen LogP contribution < -0.4 is 0 Å². The third-order valence-corrected chi connectivity index (χ3v) is 2.78. The summed E-state index contributed by atoms with van der Waals surface area (Å²) < 4.78 is 41.3. The third-order valence-electron chi connectivity index (χ3n) is 2.32. The number of halogens is 4. The van der Waals surface area contributed by atoms with Crippen molar-refractivity contribution >= 4 is 15.9 Å². The summed E-state index contributed by atoms with van der Waals surface area (Å²) in [5.41, 5.74) is -0.0286. The van der Waals surface area contributed by atoms with Gasteiger partial charge in [0.25, 0.3) is 0 Å². The van der Waals surface area contributed by atoms with Crippen molar-refractivity contribution in [1.82, 2.24) is 0 Å². The SMILES string of the molecule is Cc1cc(F)c(-c2cc(Br)[c]cc2F)c(F)c1. The van der Waals surface area contributed by atoms with Gasteiger partial charge < -0.3 is 0 Å². The molecule has 0 aromatic heterocycles. The molecule has 0 unspecified atom stereocenters. The van der Waals surface area contributed by atoms with Crippen molar-refractivity contribution in [3.05, 3.63) is 57.8 Å². The number of hydrogen-bond donors (Lipinski definition) is 0. The highest BCUT2D eigenvalue weighted by atomic mass is 79.9. The molecule has 0 bridgehead atoms. The Hall–Kier alpha value is -1.29. The molecule has 2 aromatic rings. The molecule has 87 valence electrons. The highest BCUT2D eigenvalue weighted by Crippen LogP contribution is 2.31. The van der Waals surface area contributed by atoms with Gasteiger partial charge in [0.2, 0.25) is 0 Å². The van der Waals surface area contributed by atoms with E-state index in [4.69, 9.17) is 0 Å². The second kappa shape index (κ2) is 4.53. The van der Waals surface area contributed by atoms with E-state index in [9.17, 15) is 13.2 Å². The Morgan fingerprint density at radius 2 is 1.59 bits per heavy atom. The first-order valence-electron chi connectivity index (χ1n) is 4.82. The molecule has 0 aliphatic carbocycles. The quantitative estimate of drug-likeness (QED) is 0.719. The van der Waals surface area contributed by atoms with Crippen LogP contribution in [0.25, 0.3) is 11.1 Å². The maximum absolute atomic E-state index is 13.7. The van der Waals surface area contributed by atoms with Gasteiger partial charge in [-0.1, -0.05) is 15.9 Å². The fraction of sp³-hybridized carbons (Fsp3) is 0.0769. The van der Waals surface area contributed by atoms with Gasteiger partial charge in [0.15, 0.2) is 0 Å². The zero-order valence-electron chi connectivity index (χ0n) is 8.82. The van der Waals surface area contributed by atoms with Crippen LogP contribution in [0, 0.1) is 30.4 Å². The van der Waals surface area contributed by atoms with Crippen LogP contribution in [0.1, 0.15) is 5.56 Å². The molecule has 0 aliphatic heterocycles. The lowest BCUT2D eigenvalue weighted by Crippen LogP contribution is -1.94. The Morgan fingerprint density at radius 3 is 2.18 bits per heavy atom. The molecule has 0 spiro atoms. The number of aryl methyl sites for hydroxylation is 1. The van der Waals surface area contributed by atoms with Crippen LogP contribution in [0.2, 0.25) is 0 Å². The van der Waals surface area contributed by atoms with Crippen molar-refractivity contribution in [2.24, 2.45) is 0 Å². The Kier molecular flexibility index (Phi) is 3.24. The zero-order valence-corrected chi connectivity index (χ0v) is 10.4. The van der Waals surface area contributed by atoms with Gasteiger partial charge in [0.05, 0.1) is 5.56 Å². The molecule has 0 heterocycles. The zero-order chi connectivity index (χ0) is 12.6. The van der Waals surface area contributed by atoms with E-state index < -0.39 is 17.5 Å². The number of benzene rings is 2. The molecule has 17 heavy (non-hydrogen) atoms. The highest BCUT2D eigenvalue weighted by Gasteiger charge is 2.16. The van der Waals surface area contributed by atoms with Crippen molar-refractivity contribution in [3.8, 4) is 11.1 Å². The van der Waals surface area contributed by atoms with Crippen molar-refractivity contribution < 1.29 is 13.2 Å². The van der Waals surface area contributed by atoms with E-state index in [2.05, 4.69) is 22.0 Å². The summed E-state index contributed by atoms with van der Waals surface area (Å²) >= 11 is 3.09. The molecule has 0 nitrogen and oxygen atoms in total. The van der Waals surface area contributed by atoms with Gasteiger partial charge in [-0.25, -0.2) is 13.2 Å². The van der Waals surface area contributed by atoms with Gasteiger partial charge in [-0.3, -0.25) is 0 Å². The van der Waals surface area contributed by atoms with Crippen LogP contribution >= 0.6 is 15.9 Å². The molecule has 0 saturated heterocycles. The first-order valence-corrected chi connectivity index (χ1v) is 5.61. The molecule has 0 aliphatic rings. The average Bonchev–Trinajstić information content (AvgIpc) is 2.21. The molecule has 0 N–H and O–H groups in total. The first kappa shape index (κ1) is 12.2. The topological polar surface area (TPSA) is 0 Å². The van der Waals surface area contributed by atoms with E-state index in [1.54, 1.807) is 6.92 Å². The second-order valence-corrected chi connectivity index (χ2v) is 4.50. The summed E-state index contributed by atoms with van der Waals surface area (Å²) in [4.78, 5) is 0. The molecule has 1 radical (unpaired) electrons. The monoisotopic (exact) mass is 299 g/mol. The predicted octanol–water partition coefficient (Wildman–Crippen LogP) is 4.64. The van der Waals surface area contributed by atoms with Crippen molar-refractivity contribution in [2.75, 3.05) is 0 Å². The van der Waals surface area contributed by atoms with Crippen LogP contribution in [0.15, 0.2) is 28.7 Å². The predicted molar refractivity (Wildman–Crippen MR) is 63.0 cm³/mol. The largest absolute Gasteiger partial charge is 0.206 e. The molecular weight excluding hydrogens is 293 g/mol. The summed E-state index contributed by atoms with van der Waals surface area (Å²) in [6, 6.07) is 7.23. The summed E-state index contributed by atoms with van der Waals surface area (Å²) in [5, 5.41) is 0. The Labute approximate surface area is 105 Å². The van der Waals surface area contributed by atoms with Crippen LogP contribution in [0.4, 0.5) is 13.2 Å². The minimum atomic E-state index is -0.778. The molecule has 0 fully saturated rings. The van der Waals surface area contributed by atoms with E-state index in [0.29, 0.717) is 10.0 Å². The maximum Gasteiger partial charge on any atom is 0.134 e. The van der Waals surface area contributed by atoms with Gasteiger partial charge in [-0.05, 0) is 36.8 Å². The molecule has 0 atom stereocenters. The van der Waals surface area contributed by atoms with Gasteiger partial charge in [-0.2, -0.15) is 0 Å². The van der Waals surface area contributed by atoms with E-state index in [0.717, 1.165) is 6.07 Å². The minimum absolute atomic E-state index is 0.120. The fourth-order valence-corrected chi connectivity index (χ4v) is 1.94. The molecular formula is C13H7BrF3. The summed E-state index contributed by atoms with van der Waals surface area (Å²) in [6.45, 7) is 1.57. The van der Waals surface area contributed by atoms with Gasteiger partial charge in [0, 0.05) is 16.1 Å². The first-order chi connectivity index (χ1) is 7.99. The van der Waals surface area contributed by atoms with Crippen LogP contribution in [-0.4, -0.2) is 0 Å². The fourth-order valence-electron chi connectivity index (χ4n) is 1.60. The van der Waals surface area contributed by atoms with Crippen molar-refractivity contribution in [2.45, 2.75) is 6.92 Å². The summed E-state index contributed by atoms with van der Waals surface area (Å²) in [6.07, 6.45) is 0. The molecule has 0 amide bonds. The van der Waals surface area contributed by atoms with E-state index in [-0.39, 0.29) is 11.1 Å². The molecule has 2 aromatic carbocycles. The standard InChI is InChI=1S/C13H7BrF3/c1-7-4-11(16)13(12(17)5-7)9-6-8(14)2-3-10(9)15/h3-6H,1H3. The minimum Gasteiger partial charge on any atom is -0.206 e. The van der Waals surface area contributed by atoms with Crippen molar-refractivity contribution in [3.63, 3.8) is 0 Å². The van der Waals surface area contributed by atoms with E-state index in [1.807, 2.05) is 0 Å². The normalized spacial score (nSPS) is 10.6. The molecule has 0 saturated carbocycles. The maximum atomic E-state index is 13.7. The third kappa shape index (κ3) is 2.36. The Bertz CT molecular complexity index is 556. The lowest BCUT2D eigenvalue weighted by molar-refractivity contribution is 0.580. The lowest BCUT2D eigenvalue weighted by atomic mass is 10.0.